The van der Waals surface area contributed by atoms with Gasteiger partial charge in [0.2, 0.25) is 0 Å². The maximum atomic E-state index is 12.3. The summed E-state index contributed by atoms with van der Waals surface area (Å²) in [6.45, 7) is 7.49. The maximum Gasteiger partial charge on any atom is 0.153 e. The minimum absolute atomic E-state index is 0.0600. The van der Waals surface area contributed by atoms with E-state index in [0.29, 0.717) is 17.7 Å². The van der Waals surface area contributed by atoms with Crippen molar-refractivity contribution in [2.75, 3.05) is 12.3 Å². The Hall–Kier alpha value is -0.0900. The quantitative estimate of drug-likeness (QED) is 0.746. The Morgan fingerprint density at radius 1 is 1.32 bits per heavy atom. The molecule has 0 radical (unpaired) electrons. The van der Waals surface area contributed by atoms with Gasteiger partial charge < -0.3 is 5.32 Å². The van der Waals surface area contributed by atoms with Gasteiger partial charge in [-0.15, -0.1) is 0 Å². The van der Waals surface area contributed by atoms with Gasteiger partial charge in [0.05, 0.1) is 11.0 Å². The molecule has 3 atom stereocenters. The molecule has 0 amide bonds. The lowest BCUT2D eigenvalue weighted by atomic mass is 9.91. The first-order valence-electron chi connectivity index (χ1n) is 7.90. The molecule has 3 unspecified atom stereocenters. The highest BCUT2D eigenvalue weighted by Gasteiger charge is 2.29. The van der Waals surface area contributed by atoms with Crippen molar-refractivity contribution in [1.82, 2.24) is 5.32 Å². The Morgan fingerprint density at radius 3 is 2.68 bits per heavy atom. The highest BCUT2D eigenvalue weighted by molar-refractivity contribution is 7.92. The van der Waals surface area contributed by atoms with Crippen molar-refractivity contribution in [2.24, 2.45) is 5.92 Å². The summed E-state index contributed by atoms with van der Waals surface area (Å²) in [5, 5.41) is 3.35. The fourth-order valence-electron chi connectivity index (χ4n) is 2.95. The van der Waals surface area contributed by atoms with Crippen molar-refractivity contribution < 1.29 is 8.42 Å². The summed E-state index contributed by atoms with van der Waals surface area (Å²) in [6, 6.07) is 0.431. The third-order valence-corrected chi connectivity index (χ3v) is 6.51. The first kappa shape index (κ1) is 17.0. The molecule has 1 saturated carbocycles. The average molecular weight is 289 g/mol. The van der Waals surface area contributed by atoms with Gasteiger partial charge in [-0.25, -0.2) is 8.42 Å². The van der Waals surface area contributed by atoms with Gasteiger partial charge in [0.25, 0.3) is 0 Å². The second-order valence-corrected chi connectivity index (χ2v) is 8.66. The van der Waals surface area contributed by atoms with E-state index in [0.717, 1.165) is 45.1 Å². The van der Waals surface area contributed by atoms with Crippen LogP contribution in [0, 0.1) is 5.92 Å². The van der Waals surface area contributed by atoms with Gasteiger partial charge in [0.15, 0.2) is 9.84 Å². The van der Waals surface area contributed by atoms with Crippen LogP contribution in [0.4, 0.5) is 0 Å². The van der Waals surface area contributed by atoms with Crippen LogP contribution in [0.5, 0.6) is 0 Å². The van der Waals surface area contributed by atoms with Crippen LogP contribution in [0.2, 0.25) is 0 Å². The highest BCUT2D eigenvalue weighted by Crippen LogP contribution is 2.29. The Morgan fingerprint density at radius 2 is 2.05 bits per heavy atom. The zero-order chi connectivity index (χ0) is 14.3. The van der Waals surface area contributed by atoms with Crippen molar-refractivity contribution in [2.45, 2.75) is 77.0 Å². The number of sulfone groups is 1. The third kappa shape index (κ3) is 6.26. The molecule has 3 nitrogen and oxygen atoms in total. The van der Waals surface area contributed by atoms with Crippen LogP contribution in [0.25, 0.3) is 0 Å². The molecule has 19 heavy (non-hydrogen) atoms. The maximum absolute atomic E-state index is 12.3. The van der Waals surface area contributed by atoms with Crippen molar-refractivity contribution in [3.05, 3.63) is 0 Å². The summed E-state index contributed by atoms with van der Waals surface area (Å²) in [6.07, 6.45) is 6.93. The van der Waals surface area contributed by atoms with E-state index in [9.17, 15) is 8.42 Å². The van der Waals surface area contributed by atoms with E-state index in [1.165, 1.54) is 6.42 Å². The van der Waals surface area contributed by atoms with Crippen LogP contribution >= 0.6 is 0 Å². The SMILES string of the molecule is CCCNC(C)CCCS(=O)(=O)C1CCCC(C)C1. The van der Waals surface area contributed by atoms with Crippen LogP contribution in [0.15, 0.2) is 0 Å². The molecular weight excluding hydrogens is 258 g/mol. The molecule has 4 heteroatoms. The molecule has 0 spiro atoms. The molecule has 0 aromatic heterocycles. The van der Waals surface area contributed by atoms with Crippen molar-refractivity contribution in [3.63, 3.8) is 0 Å². The summed E-state index contributed by atoms with van der Waals surface area (Å²) >= 11 is 0. The van der Waals surface area contributed by atoms with Gasteiger partial charge in [0, 0.05) is 6.04 Å². The van der Waals surface area contributed by atoms with Gasteiger partial charge in [-0.1, -0.05) is 26.7 Å². The molecule has 0 aromatic carbocycles. The molecule has 1 aliphatic rings. The smallest absolute Gasteiger partial charge is 0.153 e. The van der Waals surface area contributed by atoms with E-state index in [1.54, 1.807) is 0 Å². The van der Waals surface area contributed by atoms with E-state index in [-0.39, 0.29) is 5.25 Å². The van der Waals surface area contributed by atoms with Crippen molar-refractivity contribution >= 4 is 9.84 Å². The molecule has 0 aromatic rings. The zero-order valence-corrected chi connectivity index (χ0v) is 13.6. The van der Waals surface area contributed by atoms with Crippen LogP contribution < -0.4 is 5.32 Å². The van der Waals surface area contributed by atoms with E-state index in [1.807, 2.05) is 0 Å². The molecular formula is C15H31NO2S. The second-order valence-electron chi connectivity index (χ2n) is 6.26. The molecule has 114 valence electrons. The predicted molar refractivity (Wildman–Crippen MR) is 82.2 cm³/mol. The number of hydrogen-bond donors (Lipinski definition) is 1. The normalized spacial score (nSPS) is 26.3. The van der Waals surface area contributed by atoms with Crippen molar-refractivity contribution in [3.8, 4) is 0 Å². The highest BCUT2D eigenvalue weighted by atomic mass is 32.2. The zero-order valence-electron chi connectivity index (χ0n) is 12.8. The Bertz CT molecular complexity index is 340. The van der Waals surface area contributed by atoms with Crippen LogP contribution in [-0.2, 0) is 9.84 Å². The number of rotatable bonds is 8. The second kappa shape index (κ2) is 8.25. The lowest BCUT2D eigenvalue weighted by Crippen LogP contribution is -2.31. The summed E-state index contributed by atoms with van der Waals surface area (Å²) in [4.78, 5) is 0. The Balaban J connectivity index is 2.30. The average Bonchev–Trinajstić information content (AvgIpc) is 2.36. The third-order valence-electron chi connectivity index (χ3n) is 4.20. The van der Waals surface area contributed by atoms with Crippen molar-refractivity contribution in [1.29, 1.82) is 0 Å². The van der Waals surface area contributed by atoms with E-state index in [2.05, 4.69) is 26.1 Å². The van der Waals surface area contributed by atoms with Gasteiger partial charge in [-0.3, -0.25) is 0 Å². The molecule has 1 N–H and O–H groups in total. The lowest BCUT2D eigenvalue weighted by Gasteiger charge is -2.26. The fourth-order valence-corrected chi connectivity index (χ4v) is 5.00. The largest absolute Gasteiger partial charge is 0.314 e. The predicted octanol–water partition coefficient (Wildman–Crippen LogP) is 3.15. The molecule has 0 aliphatic heterocycles. The van der Waals surface area contributed by atoms with Gasteiger partial charge in [-0.2, -0.15) is 0 Å². The lowest BCUT2D eigenvalue weighted by molar-refractivity contribution is 0.381. The minimum Gasteiger partial charge on any atom is -0.314 e. The summed E-state index contributed by atoms with van der Waals surface area (Å²) in [7, 11) is -2.86. The molecule has 0 bridgehead atoms. The number of nitrogens with one attached hydrogen (secondary N) is 1. The van der Waals surface area contributed by atoms with Crippen LogP contribution in [0.1, 0.15) is 65.7 Å². The molecule has 0 saturated heterocycles. The van der Waals surface area contributed by atoms with Crippen LogP contribution in [0.3, 0.4) is 0 Å². The van der Waals surface area contributed by atoms with E-state index in [4.69, 9.17) is 0 Å². The summed E-state index contributed by atoms with van der Waals surface area (Å²) < 4.78 is 24.6. The minimum atomic E-state index is -2.86. The Labute approximate surface area is 119 Å². The van der Waals surface area contributed by atoms with E-state index >= 15 is 0 Å². The molecule has 0 heterocycles. The van der Waals surface area contributed by atoms with Crippen LogP contribution in [-0.4, -0.2) is 32.0 Å². The Kier molecular flexibility index (Phi) is 7.37. The first-order chi connectivity index (χ1) is 8.95. The monoisotopic (exact) mass is 289 g/mol. The summed E-state index contributed by atoms with van der Waals surface area (Å²) in [5.74, 6) is 0.960. The molecule has 1 rings (SSSR count). The van der Waals surface area contributed by atoms with E-state index < -0.39 is 9.84 Å². The first-order valence-corrected chi connectivity index (χ1v) is 9.62. The molecule has 1 fully saturated rings. The fraction of sp³-hybridized carbons (Fsp3) is 1.00. The van der Waals surface area contributed by atoms with Gasteiger partial charge >= 0.3 is 0 Å². The molecule has 1 aliphatic carbocycles. The number of hydrogen-bond acceptors (Lipinski definition) is 3. The standard InChI is InChI=1S/C15H31NO2S/c1-4-10-16-14(3)8-6-11-19(17,18)15-9-5-7-13(2)12-15/h13-16H,4-12H2,1-3H3. The summed E-state index contributed by atoms with van der Waals surface area (Å²) in [5.41, 5.74) is 0. The van der Waals surface area contributed by atoms with Gasteiger partial charge in [0.1, 0.15) is 0 Å². The van der Waals surface area contributed by atoms with Gasteiger partial charge in [-0.05, 0) is 51.5 Å². The topological polar surface area (TPSA) is 46.2 Å².